The van der Waals surface area contributed by atoms with E-state index in [1.807, 2.05) is 6.92 Å². The van der Waals surface area contributed by atoms with Gasteiger partial charge in [0, 0.05) is 6.54 Å². The first-order valence-electron chi connectivity index (χ1n) is 5.24. The first-order valence-corrected chi connectivity index (χ1v) is 5.24. The summed E-state index contributed by atoms with van der Waals surface area (Å²) in [6.07, 6.45) is 0. The first-order chi connectivity index (χ1) is 6.79. The van der Waals surface area contributed by atoms with Crippen LogP contribution in [0.25, 0.3) is 0 Å². The number of ether oxygens (including phenoxy) is 1. The summed E-state index contributed by atoms with van der Waals surface area (Å²) in [6, 6.07) is 0. The number of esters is 1. The second-order valence-corrected chi connectivity index (χ2v) is 4.70. The normalized spacial score (nSPS) is 13.1. The summed E-state index contributed by atoms with van der Waals surface area (Å²) in [5.74, 6) is -1.16. The van der Waals surface area contributed by atoms with Crippen molar-refractivity contribution in [3.05, 3.63) is 0 Å². The first kappa shape index (κ1) is 13.9. The van der Waals surface area contributed by atoms with Gasteiger partial charge in [-0.15, -0.1) is 0 Å². The third-order valence-corrected chi connectivity index (χ3v) is 2.51. The Morgan fingerprint density at radius 3 is 2.27 bits per heavy atom. The molecule has 0 fully saturated rings. The van der Waals surface area contributed by atoms with Crippen molar-refractivity contribution in [3.8, 4) is 0 Å². The van der Waals surface area contributed by atoms with Crippen molar-refractivity contribution in [2.45, 2.75) is 34.6 Å². The second-order valence-electron chi connectivity index (χ2n) is 4.70. The predicted molar refractivity (Wildman–Crippen MR) is 58.3 cm³/mol. The number of amides is 1. The largest absolute Gasteiger partial charge is 0.459 e. The van der Waals surface area contributed by atoms with Crippen LogP contribution in [0.3, 0.4) is 0 Å². The highest BCUT2D eigenvalue weighted by atomic mass is 16.5. The van der Waals surface area contributed by atoms with Gasteiger partial charge in [-0.25, -0.2) is 4.79 Å². The van der Waals surface area contributed by atoms with E-state index < -0.39 is 11.9 Å². The van der Waals surface area contributed by atoms with E-state index in [2.05, 4.69) is 30.8 Å². The number of carbonyl (C=O) groups excluding carboxylic acids is 2. The fourth-order valence-electron chi connectivity index (χ4n) is 0.821. The summed E-state index contributed by atoms with van der Waals surface area (Å²) in [6.45, 7) is 10.7. The molecule has 0 bridgehead atoms. The summed E-state index contributed by atoms with van der Waals surface area (Å²) >= 11 is 0. The van der Waals surface area contributed by atoms with Crippen LogP contribution in [0.4, 0.5) is 0 Å². The number of hydrogen-bond acceptors (Lipinski definition) is 3. The number of carbonyl (C=O) groups is 2. The summed E-state index contributed by atoms with van der Waals surface area (Å²) in [5.41, 5.74) is 0.113. The van der Waals surface area contributed by atoms with Gasteiger partial charge in [0.25, 0.3) is 0 Å². The van der Waals surface area contributed by atoms with Gasteiger partial charge in [-0.1, -0.05) is 27.7 Å². The second kappa shape index (κ2) is 5.73. The molecule has 0 spiro atoms. The van der Waals surface area contributed by atoms with Gasteiger partial charge in [-0.2, -0.15) is 0 Å². The lowest BCUT2D eigenvalue weighted by atomic mass is 9.82. The highest BCUT2D eigenvalue weighted by Crippen LogP contribution is 2.24. The van der Waals surface area contributed by atoms with E-state index >= 15 is 0 Å². The number of nitrogens with one attached hydrogen (secondary N) is 1. The zero-order valence-corrected chi connectivity index (χ0v) is 10.2. The van der Waals surface area contributed by atoms with Gasteiger partial charge in [0.1, 0.15) is 0 Å². The molecular weight excluding hydrogens is 194 g/mol. The van der Waals surface area contributed by atoms with E-state index in [4.69, 9.17) is 0 Å². The van der Waals surface area contributed by atoms with Crippen LogP contribution in [0, 0.1) is 11.3 Å². The highest BCUT2D eigenvalue weighted by Gasteiger charge is 2.22. The van der Waals surface area contributed by atoms with Gasteiger partial charge in [-0.3, -0.25) is 4.79 Å². The van der Waals surface area contributed by atoms with E-state index in [1.54, 1.807) is 6.92 Å². The zero-order valence-electron chi connectivity index (χ0n) is 10.2. The van der Waals surface area contributed by atoms with Gasteiger partial charge in [0.05, 0.1) is 6.61 Å². The lowest BCUT2D eigenvalue weighted by Gasteiger charge is -2.27. The topological polar surface area (TPSA) is 55.4 Å². The molecular formula is C11H21NO3. The van der Waals surface area contributed by atoms with Crippen molar-refractivity contribution in [2.24, 2.45) is 11.3 Å². The van der Waals surface area contributed by atoms with E-state index in [9.17, 15) is 9.59 Å². The molecule has 1 amide bonds. The van der Waals surface area contributed by atoms with Crippen molar-refractivity contribution in [2.75, 3.05) is 13.2 Å². The van der Waals surface area contributed by atoms with Crippen molar-refractivity contribution < 1.29 is 14.3 Å². The quantitative estimate of drug-likeness (QED) is 0.571. The van der Waals surface area contributed by atoms with Crippen LogP contribution < -0.4 is 5.32 Å². The fraction of sp³-hybridized carbons (Fsp3) is 0.818. The van der Waals surface area contributed by atoms with Gasteiger partial charge in [0.15, 0.2) is 0 Å². The molecule has 1 atom stereocenters. The Hall–Kier alpha value is -1.06. The van der Waals surface area contributed by atoms with Crippen LogP contribution in [0.2, 0.25) is 0 Å². The van der Waals surface area contributed by atoms with Crippen LogP contribution in [0.5, 0.6) is 0 Å². The molecule has 0 aromatic carbocycles. The molecule has 0 saturated heterocycles. The Balaban J connectivity index is 3.96. The molecule has 0 heterocycles. The fourth-order valence-corrected chi connectivity index (χ4v) is 0.821. The number of hydrogen-bond donors (Lipinski definition) is 1. The maximum atomic E-state index is 11.2. The van der Waals surface area contributed by atoms with E-state index in [0.717, 1.165) is 0 Å². The molecule has 0 rings (SSSR count). The Kier molecular flexibility index (Phi) is 5.33. The molecule has 0 aliphatic carbocycles. The molecule has 1 unspecified atom stereocenters. The summed E-state index contributed by atoms with van der Waals surface area (Å²) < 4.78 is 4.57. The molecule has 0 aliphatic rings. The molecule has 0 aromatic heterocycles. The van der Waals surface area contributed by atoms with Crippen molar-refractivity contribution in [3.63, 3.8) is 0 Å². The van der Waals surface area contributed by atoms with Crippen LogP contribution in [-0.2, 0) is 14.3 Å². The standard InChI is InChI=1S/C11H21NO3/c1-6-15-10(14)9(13)12-7-8(2)11(3,4)5/h8H,6-7H2,1-5H3,(H,12,13). The SMILES string of the molecule is CCOC(=O)C(=O)NCC(C)C(C)(C)C. The predicted octanol–water partition coefficient (Wildman–Crippen LogP) is 1.35. The van der Waals surface area contributed by atoms with Gasteiger partial charge in [-0.05, 0) is 18.3 Å². The smallest absolute Gasteiger partial charge is 0.396 e. The van der Waals surface area contributed by atoms with Crippen molar-refractivity contribution in [1.82, 2.24) is 5.32 Å². The summed E-state index contributed by atoms with van der Waals surface area (Å²) in [7, 11) is 0. The minimum atomic E-state index is -0.807. The molecule has 0 aromatic rings. The third kappa shape index (κ3) is 5.40. The van der Waals surface area contributed by atoms with E-state index in [0.29, 0.717) is 12.5 Å². The molecule has 4 nitrogen and oxygen atoms in total. The molecule has 88 valence electrons. The third-order valence-electron chi connectivity index (χ3n) is 2.51. The average molecular weight is 215 g/mol. The lowest BCUT2D eigenvalue weighted by molar-refractivity contribution is -0.154. The summed E-state index contributed by atoms with van der Waals surface area (Å²) in [5, 5.41) is 2.56. The van der Waals surface area contributed by atoms with Crippen molar-refractivity contribution >= 4 is 11.9 Å². The Morgan fingerprint density at radius 2 is 1.87 bits per heavy atom. The molecule has 15 heavy (non-hydrogen) atoms. The number of rotatable bonds is 3. The van der Waals surface area contributed by atoms with Gasteiger partial charge < -0.3 is 10.1 Å². The molecule has 0 saturated carbocycles. The van der Waals surface area contributed by atoms with Crippen molar-refractivity contribution in [1.29, 1.82) is 0 Å². The maximum absolute atomic E-state index is 11.2. The Morgan fingerprint density at radius 1 is 1.33 bits per heavy atom. The molecule has 0 radical (unpaired) electrons. The van der Waals surface area contributed by atoms with Crippen LogP contribution in [0.1, 0.15) is 34.6 Å². The highest BCUT2D eigenvalue weighted by molar-refractivity contribution is 6.32. The zero-order chi connectivity index (χ0) is 12.1. The van der Waals surface area contributed by atoms with E-state index in [1.165, 1.54) is 0 Å². The maximum Gasteiger partial charge on any atom is 0.396 e. The Labute approximate surface area is 91.4 Å². The molecule has 0 aliphatic heterocycles. The van der Waals surface area contributed by atoms with Gasteiger partial charge in [0.2, 0.25) is 0 Å². The van der Waals surface area contributed by atoms with E-state index in [-0.39, 0.29) is 12.0 Å². The van der Waals surface area contributed by atoms with Gasteiger partial charge >= 0.3 is 11.9 Å². The van der Waals surface area contributed by atoms with Crippen LogP contribution in [-0.4, -0.2) is 25.0 Å². The minimum absolute atomic E-state index is 0.113. The lowest BCUT2D eigenvalue weighted by Crippen LogP contribution is -2.38. The molecule has 4 heteroatoms. The van der Waals surface area contributed by atoms with Crippen LogP contribution >= 0.6 is 0 Å². The average Bonchev–Trinajstić information content (AvgIpc) is 2.12. The molecule has 1 N–H and O–H groups in total. The monoisotopic (exact) mass is 215 g/mol. The summed E-state index contributed by atoms with van der Waals surface area (Å²) in [4.78, 5) is 22.1. The Bertz CT molecular complexity index is 230. The minimum Gasteiger partial charge on any atom is -0.459 e. The van der Waals surface area contributed by atoms with Crippen LogP contribution in [0.15, 0.2) is 0 Å².